The molecule has 0 spiro atoms. The maximum Gasteiger partial charge on any atom is 0.127 e. The number of nitrogens with one attached hydrogen (secondary N) is 1. The van der Waals surface area contributed by atoms with Gasteiger partial charge >= 0.3 is 0 Å². The van der Waals surface area contributed by atoms with Crippen LogP contribution in [0.1, 0.15) is 29.5 Å². The lowest BCUT2D eigenvalue weighted by Gasteiger charge is -2.11. The van der Waals surface area contributed by atoms with Gasteiger partial charge in [0.1, 0.15) is 11.5 Å². The third kappa shape index (κ3) is 3.84. The van der Waals surface area contributed by atoms with Gasteiger partial charge in [-0.3, -0.25) is 0 Å². The summed E-state index contributed by atoms with van der Waals surface area (Å²) in [6.45, 7) is 3.07. The lowest BCUT2D eigenvalue weighted by molar-refractivity contribution is 0.281. The van der Waals surface area contributed by atoms with Crippen LogP contribution in [0, 0.1) is 6.92 Å². The molecule has 2 N–H and O–H groups in total. The van der Waals surface area contributed by atoms with Crippen LogP contribution in [-0.2, 0) is 13.2 Å². The van der Waals surface area contributed by atoms with E-state index in [0.29, 0.717) is 0 Å². The predicted octanol–water partition coefficient (Wildman–Crippen LogP) is 3.53. The zero-order chi connectivity index (χ0) is 14.7. The summed E-state index contributed by atoms with van der Waals surface area (Å²) in [5.74, 6) is 1.59. The van der Waals surface area contributed by atoms with Gasteiger partial charge in [0, 0.05) is 12.6 Å². The highest BCUT2D eigenvalue weighted by Crippen LogP contribution is 2.25. The minimum atomic E-state index is 0.0298. The highest BCUT2D eigenvalue weighted by atomic mass is 16.5. The van der Waals surface area contributed by atoms with Gasteiger partial charge in [-0.25, -0.2) is 0 Å². The summed E-state index contributed by atoms with van der Waals surface area (Å²) in [5.41, 5.74) is 3.41. The van der Waals surface area contributed by atoms with Crippen LogP contribution in [0.5, 0.6) is 11.5 Å². The second-order valence-corrected chi connectivity index (χ2v) is 5.65. The molecule has 110 valence electrons. The lowest BCUT2D eigenvalue weighted by atomic mass is 10.1. The van der Waals surface area contributed by atoms with Gasteiger partial charge in [0.2, 0.25) is 0 Å². The van der Waals surface area contributed by atoms with E-state index in [-0.39, 0.29) is 6.61 Å². The first-order chi connectivity index (χ1) is 10.2. The van der Waals surface area contributed by atoms with Crippen LogP contribution in [0.15, 0.2) is 42.5 Å². The van der Waals surface area contributed by atoms with Gasteiger partial charge in [0.25, 0.3) is 0 Å². The number of hydrogen-bond donors (Lipinski definition) is 2. The molecule has 0 aromatic heterocycles. The Balaban J connectivity index is 1.68. The van der Waals surface area contributed by atoms with E-state index in [1.54, 1.807) is 0 Å². The van der Waals surface area contributed by atoms with E-state index < -0.39 is 0 Å². The summed E-state index contributed by atoms with van der Waals surface area (Å²) >= 11 is 0. The maximum absolute atomic E-state index is 9.16. The van der Waals surface area contributed by atoms with Gasteiger partial charge in [0.05, 0.1) is 6.61 Å². The number of hydrogen-bond acceptors (Lipinski definition) is 3. The van der Waals surface area contributed by atoms with Crippen LogP contribution in [-0.4, -0.2) is 11.1 Å². The molecule has 0 unspecified atom stereocenters. The molecule has 0 radical (unpaired) electrons. The third-order valence-corrected chi connectivity index (χ3v) is 3.79. The van der Waals surface area contributed by atoms with Gasteiger partial charge in [-0.05, 0) is 60.7 Å². The summed E-state index contributed by atoms with van der Waals surface area (Å²) in [4.78, 5) is 0. The van der Waals surface area contributed by atoms with E-state index in [9.17, 15) is 0 Å². The van der Waals surface area contributed by atoms with Crippen molar-refractivity contribution in [2.45, 2.75) is 39.0 Å². The molecular weight excluding hydrogens is 262 g/mol. The average Bonchev–Trinajstić information content (AvgIpc) is 3.31. The van der Waals surface area contributed by atoms with E-state index in [0.717, 1.165) is 29.6 Å². The minimum absolute atomic E-state index is 0.0298. The highest BCUT2D eigenvalue weighted by molar-refractivity contribution is 5.38. The first kappa shape index (κ1) is 14.1. The molecular formula is C18H21NO2. The molecule has 0 aliphatic heterocycles. The normalized spacial score (nSPS) is 14.2. The Morgan fingerprint density at radius 1 is 1.14 bits per heavy atom. The van der Waals surface area contributed by atoms with E-state index >= 15 is 0 Å². The van der Waals surface area contributed by atoms with E-state index in [4.69, 9.17) is 9.84 Å². The number of ether oxygens (including phenoxy) is 1. The van der Waals surface area contributed by atoms with Crippen molar-refractivity contribution in [1.29, 1.82) is 0 Å². The zero-order valence-corrected chi connectivity index (χ0v) is 12.3. The summed E-state index contributed by atoms with van der Waals surface area (Å²) in [6, 6.07) is 14.4. The molecule has 1 saturated carbocycles. The Morgan fingerprint density at radius 3 is 2.67 bits per heavy atom. The summed E-state index contributed by atoms with van der Waals surface area (Å²) in [6.07, 6.45) is 2.61. The standard InChI is InChI=1S/C18H21NO2/c1-13-9-18(8-5-15(13)11-19-16-6-7-16)21-17-4-2-3-14(10-17)12-20/h2-5,8-10,16,19-20H,6-7,11-12H2,1H3. The lowest BCUT2D eigenvalue weighted by Crippen LogP contribution is -2.15. The molecule has 0 amide bonds. The number of rotatable bonds is 6. The molecule has 1 aliphatic rings. The van der Waals surface area contributed by atoms with Crippen LogP contribution < -0.4 is 10.1 Å². The topological polar surface area (TPSA) is 41.5 Å². The second-order valence-electron chi connectivity index (χ2n) is 5.65. The molecule has 2 aromatic carbocycles. The number of aliphatic hydroxyl groups is 1. The fourth-order valence-corrected chi connectivity index (χ4v) is 2.32. The van der Waals surface area contributed by atoms with E-state index in [1.165, 1.54) is 24.0 Å². The van der Waals surface area contributed by atoms with Gasteiger partial charge in [-0.15, -0.1) is 0 Å². The summed E-state index contributed by atoms with van der Waals surface area (Å²) in [7, 11) is 0. The van der Waals surface area contributed by atoms with E-state index in [1.807, 2.05) is 30.3 Å². The number of aliphatic hydroxyl groups excluding tert-OH is 1. The average molecular weight is 283 g/mol. The van der Waals surface area contributed by atoms with Crippen molar-refractivity contribution in [2.75, 3.05) is 0 Å². The van der Waals surface area contributed by atoms with Crippen LogP contribution in [0.3, 0.4) is 0 Å². The Labute approximate surface area is 125 Å². The smallest absolute Gasteiger partial charge is 0.127 e. The second kappa shape index (κ2) is 6.29. The monoisotopic (exact) mass is 283 g/mol. The Hall–Kier alpha value is -1.84. The van der Waals surface area contributed by atoms with Gasteiger partial charge in [-0.1, -0.05) is 18.2 Å². The van der Waals surface area contributed by atoms with Crippen molar-refractivity contribution < 1.29 is 9.84 Å². The quantitative estimate of drug-likeness (QED) is 0.852. The van der Waals surface area contributed by atoms with Crippen LogP contribution in [0.4, 0.5) is 0 Å². The molecule has 0 heterocycles. The van der Waals surface area contributed by atoms with Crippen LogP contribution in [0.25, 0.3) is 0 Å². The fourth-order valence-electron chi connectivity index (χ4n) is 2.32. The van der Waals surface area contributed by atoms with E-state index in [2.05, 4.69) is 24.4 Å². The molecule has 1 fully saturated rings. The fraction of sp³-hybridized carbons (Fsp3) is 0.333. The molecule has 3 rings (SSSR count). The summed E-state index contributed by atoms with van der Waals surface area (Å²) in [5, 5.41) is 12.7. The van der Waals surface area contributed by atoms with Gasteiger partial charge in [-0.2, -0.15) is 0 Å². The minimum Gasteiger partial charge on any atom is -0.457 e. The van der Waals surface area contributed by atoms with Crippen molar-refractivity contribution in [3.05, 3.63) is 59.2 Å². The molecule has 1 aliphatic carbocycles. The number of benzene rings is 2. The molecule has 2 aromatic rings. The zero-order valence-electron chi connectivity index (χ0n) is 12.3. The maximum atomic E-state index is 9.16. The molecule has 3 nitrogen and oxygen atoms in total. The van der Waals surface area contributed by atoms with Crippen molar-refractivity contribution in [2.24, 2.45) is 0 Å². The van der Waals surface area contributed by atoms with Gasteiger partial charge in [0.15, 0.2) is 0 Å². The van der Waals surface area contributed by atoms with Crippen LogP contribution in [0.2, 0.25) is 0 Å². The predicted molar refractivity (Wildman–Crippen MR) is 83.5 cm³/mol. The Bertz CT molecular complexity index is 620. The van der Waals surface area contributed by atoms with Gasteiger partial charge < -0.3 is 15.2 Å². The summed E-state index contributed by atoms with van der Waals surface area (Å²) < 4.78 is 5.86. The molecule has 0 saturated heterocycles. The van der Waals surface area contributed by atoms with Crippen molar-refractivity contribution in [3.63, 3.8) is 0 Å². The van der Waals surface area contributed by atoms with Crippen molar-refractivity contribution >= 4 is 0 Å². The Kier molecular flexibility index (Phi) is 4.23. The van der Waals surface area contributed by atoms with Crippen LogP contribution >= 0.6 is 0 Å². The first-order valence-electron chi connectivity index (χ1n) is 7.45. The Morgan fingerprint density at radius 2 is 1.95 bits per heavy atom. The van der Waals surface area contributed by atoms with Crippen molar-refractivity contribution in [1.82, 2.24) is 5.32 Å². The highest BCUT2D eigenvalue weighted by Gasteiger charge is 2.20. The molecule has 21 heavy (non-hydrogen) atoms. The molecule has 3 heteroatoms. The third-order valence-electron chi connectivity index (χ3n) is 3.79. The molecule has 0 atom stereocenters. The first-order valence-corrected chi connectivity index (χ1v) is 7.45. The molecule has 0 bridgehead atoms. The van der Waals surface area contributed by atoms with Crippen molar-refractivity contribution in [3.8, 4) is 11.5 Å². The largest absolute Gasteiger partial charge is 0.457 e. The number of aryl methyl sites for hydroxylation is 1. The SMILES string of the molecule is Cc1cc(Oc2cccc(CO)c2)ccc1CNC1CC1.